The van der Waals surface area contributed by atoms with Gasteiger partial charge in [-0.05, 0) is 17.7 Å². The fourth-order valence-electron chi connectivity index (χ4n) is 1.24. The third-order valence-corrected chi connectivity index (χ3v) is 2.37. The molecule has 1 unspecified atom stereocenters. The molecule has 0 aliphatic heterocycles. The highest BCUT2D eigenvalue weighted by Crippen LogP contribution is 2.22. The lowest BCUT2D eigenvalue weighted by molar-refractivity contribution is -0.122. The van der Waals surface area contributed by atoms with Gasteiger partial charge in [0.25, 0.3) is 6.43 Å². The van der Waals surface area contributed by atoms with Crippen LogP contribution in [0.2, 0.25) is 5.02 Å². The molecule has 0 saturated heterocycles. The molecule has 0 aromatic heterocycles. The van der Waals surface area contributed by atoms with Gasteiger partial charge in [0.2, 0.25) is 5.91 Å². The molecule has 0 radical (unpaired) electrons. The molecule has 16 heavy (non-hydrogen) atoms. The van der Waals surface area contributed by atoms with E-state index in [2.05, 4.69) is 5.32 Å². The average Bonchev–Trinajstić information content (AvgIpc) is 2.26. The topological polar surface area (TPSA) is 29.1 Å². The first-order chi connectivity index (χ1) is 7.54. The van der Waals surface area contributed by atoms with Crippen LogP contribution < -0.4 is 5.32 Å². The molecule has 1 aromatic carbocycles. The standard InChI is InChI=1S/C11H12ClF2NO/c1-2-9(16)15-10(11(13)14)7-3-5-8(12)6-4-7/h3-6,10-11H,2H2,1H3,(H,15,16). The number of carbonyl (C=O) groups is 1. The maximum Gasteiger partial charge on any atom is 0.262 e. The van der Waals surface area contributed by atoms with Gasteiger partial charge in [-0.3, -0.25) is 4.79 Å². The van der Waals surface area contributed by atoms with E-state index in [0.29, 0.717) is 10.6 Å². The van der Waals surface area contributed by atoms with E-state index in [9.17, 15) is 13.6 Å². The zero-order valence-corrected chi connectivity index (χ0v) is 9.47. The monoisotopic (exact) mass is 247 g/mol. The zero-order valence-electron chi connectivity index (χ0n) is 8.71. The Morgan fingerprint density at radius 1 is 1.38 bits per heavy atom. The van der Waals surface area contributed by atoms with Crippen molar-refractivity contribution in [2.24, 2.45) is 0 Å². The summed E-state index contributed by atoms with van der Waals surface area (Å²) in [6, 6.07) is 4.73. The summed E-state index contributed by atoms with van der Waals surface area (Å²) in [6.07, 6.45) is -2.46. The first kappa shape index (κ1) is 12.9. The Kier molecular flexibility index (Phi) is 4.68. The Balaban J connectivity index is 2.85. The van der Waals surface area contributed by atoms with Gasteiger partial charge in [-0.25, -0.2) is 8.78 Å². The molecule has 1 N–H and O–H groups in total. The van der Waals surface area contributed by atoms with Crippen LogP contribution in [0, 0.1) is 0 Å². The third-order valence-electron chi connectivity index (χ3n) is 2.12. The van der Waals surface area contributed by atoms with E-state index in [1.54, 1.807) is 6.92 Å². The summed E-state index contributed by atoms with van der Waals surface area (Å²) in [7, 11) is 0. The van der Waals surface area contributed by atoms with Crippen LogP contribution in [0.15, 0.2) is 24.3 Å². The van der Waals surface area contributed by atoms with Crippen molar-refractivity contribution in [2.45, 2.75) is 25.8 Å². The quantitative estimate of drug-likeness (QED) is 0.870. The minimum absolute atomic E-state index is 0.177. The van der Waals surface area contributed by atoms with Crippen molar-refractivity contribution in [3.05, 3.63) is 34.9 Å². The summed E-state index contributed by atoms with van der Waals surface area (Å²) in [5.41, 5.74) is 0.348. The van der Waals surface area contributed by atoms with Crippen LogP contribution in [-0.4, -0.2) is 12.3 Å². The van der Waals surface area contributed by atoms with E-state index >= 15 is 0 Å². The Hall–Kier alpha value is -1.16. The zero-order chi connectivity index (χ0) is 12.1. The molecule has 0 spiro atoms. The van der Waals surface area contributed by atoms with E-state index in [-0.39, 0.29) is 6.42 Å². The fraction of sp³-hybridized carbons (Fsp3) is 0.364. The smallest absolute Gasteiger partial charge is 0.262 e. The number of carbonyl (C=O) groups excluding carboxylic acids is 1. The Bertz CT molecular complexity index is 354. The predicted octanol–water partition coefficient (Wildman–Crippen LogP) is 3.17. The van der Waals surface area contributed by atoms with Crippen molar-refractivity contribution in [3.63, 3.8) is 0 Å². The van der Waals surface area contributed by atoms with Crippen LogP contribution in [0.5, 0.6) is 0 Å². The molecule has 0 aliphatic carbocycles. The third kappa shape index (κ3) is 3.45. The SMILES string of the molecule is CCC(=O)NC(c1ccc(Cl)cc1)C(F)F. The highest BCUT2D eigenvalue weighted by atomic mass is 35.5. The van der Waals surface area contributed by atoms with Gasteiger partial charge >= 0.3 is 0 Å². The molecule has 88 valence electrons. The predicted molar refractivity (Wildman–Crippen MR) is 58.6 cm³/mol. The van der Waals surface area contributed by atoms with Crippen LogP contribution in [0.1, 0.15) is 24.9 Å². The van der Waals surface area contributed by atoms with Gasteiger partial charge < -0.3 is 5.32 Å². The minimum Gasteiger partial charge on any atom is -0.344 e. The average molecular weight is 248 g/mol. The molecular formula is C11H12ClF2NO. The lowest BCUT2D eigenvalue weighted by Crippen LogP contribution is -2.32. The maximum atomic E-state index is 12.7. The maximum absolute atomic E-state index is 12.7. The Morgan fingerprint density at radius 3 is 2.38 bits per heavy atom. The molecule has 5 heteroatoms. The summed E-state index contributed by atoms with van der Waals surface area (Å²) in [5, 5.41) is 2.74. The molecule has 1 atom stereocenters. The summed E-state index contributed by atoms with van der Waals surface area (Å²) in [5.74, 6) is -0.403. The van der Waals surface area contributed by atoms with Crippen LogP contribution in [0.3, 0.4) is 0 Å². The van der Waals surface area contributed by atoms with Crippen molar-refractivity contribution in [1.82, 2.24) is 5.32 Å². The largest absolute Gasteiger partial charge is 0.344 e. The van der Waals surface area contributed by atoms with Gasteiger partial charge in [0.1, 0.15) is 6.04 Å². The van der Waals surface area contributed by atoms with Gasteiger partial charge in [-0.15, -0.1) is 0 Å². The molecule has 1 aromatic rings. The second-order valence-corrected chi connectivity index (χ2v) is 3.72. The normalized spacial score (nSPS) is 12.6. The minimum atomic E-state index is -2.64. The Labute approximate surface area is 97.6 Å². The molecule has 0 bridgehead atoms. The summed E-state index contributed by atoms with van der Waals surface area (Å²) < 4.78 is 25.5. The van der Waals surface area contributed by atoms with E-state index in [4.69, 9.17) is 11.6 Å². The lowest BCUT2D eigenvalue weighted by atomic mass is 10.1. The number of rotatable bonds is 4. The number of halogens is 3. The first-order valence-corrected chi connectivity index (χ1v) is 5.25. The number of hydrogen-bond donors (Lipinski definition) is 1. The van der Waals surface area contributed by atoms with Crippen molar-refractivity contribution < 1.29 is 13.6 Å². The summed E-state index contributed by atoms with van der Waals surface area (Å²) in [6.45, 7) is 1.61. The van der Waals surface area contributed by atoms with Crippen molar-refractivity contribution in [3.8, 4) is 0 Å². The van der Waals surface area contributed by atoms with Gasteiger partial charge in [-0.1, -0.05) is 30.7 Å². The highest BCUT2D eigenvalue weighted by Gasteiger charge is 2.23. The Morgan fingerprint density at radius 2 is 1.94 bits per heavy atom. The van der Waals surface area contributed by atoms with E-state index in [1.807, 2.05) is 0 Å². The number of alkyl halides is 2. The van der Waals surface area contributed by atoms with Gasteiger partial charge in [0, 0.05) is 11.4 Å². The molecule has 0 fully saturated rings. The van der Waals surface area contributed by atoms with Crippen LogP contribution in [0.4, 0.5) is 8.78 Å². The number of hydrogen-bond acceptors (Lipinski definition) is 1. The van der Waals surface area contributed by atoms with Crippen LogP contribution in [0.25, 0.3) is 0 Å². The summed E-state index contributed by atoms with van der Waals surface area (Å²) >= 11 is 5.65. The van der Waals surface area contributed by atoms with Gasteiger partial charge in [0.15, 0.2) is 0 Å². The summed E-state index contributed by atoms with van der Waals surface area (Å²) in [4.78, 5) is 11.1. The molecule has 1 amide bonds. The highest BCUT2D eigenvalue weighted by molar-refractivity contribution is 6.30. The molecule has 0 saturated carbocycles. The van der Waals surface area contributed by atoms with Gasteiger partial charge in [-0.2, -0.15) is 0 Å². The fourth-order valence-corrected chi connectivity index (χ4v) is 1.36. The molecule has 0 heterocycles. The first-order valence-electron chi connectivity index (χ1n) is 4.87. The molecule has 0 aliphatic rings. The van der Waals surface area contributed by atoms with E-state index < -0.39 is 18.4 Å². The van der Waals surface area contributed by atoms with Gasteiger partial charge in [0.05, 0.1) is 0 Å². The molecular weight excluding hydrogens is 236 g/mol. The lowest BCUT2D eigenvalue weighted by Gasteiger charge is -2.17. The van der Waals surface area contributed by atoms with E-state index in [1.165, 1.54) is 24.3 Å². The van der Waals surface area contributed by atoms with Crippen molar-refractivity contribution >= 4 is 17.5 Å². The van der Waals surface area contributed by atoms with E-state index in [0.717, 1.165) is 0 Å². The number of nitrogens with one attached hydrogen (secondary N) is 1. The molecule has 1 rings (SSSR count). The van der Waals surface area contributed by atoms with Crippen LogP contribution in [-0.2, 0) is 4.79 Å². The number of benzene rings is 1. The van der Waals surface area contributed by atoms with Crippen LogP contribution >= 0.6 is 11.6 Å². The second-order valence-electron chi connectivity index (χ2n) is 3.28. The second kappa shape index (κ2) is 5.80. The van der Waals surface area contributed by atoms with Crippen molar-refractivity contribution in [2.75, 3.05) is 0 Å². The van der Waals surface area contributed by atoms with Crippen molar-refractivity contribution in [1.29, 1.82) is 0 Å². The molecule has 2 nitrogen and oxygen atoms in total. The number of amides is 1.